The first-order chi connectivity index (χ1) is 9.34. The van der Waals surface area contributed by atoms with E-state index in [0.29, 0.717) is 19.0 Å². The highest BCUT2D eigenvalue weighted by atomic mass is 16.5. The predicted octanol–water partition coefficient (Wildman–Crippen LogP) is 0.557. The van der Waals surface area contributed by atoms with Crippen molar-refractivity contribution >= 4 is 22.6 Å². The molecule has 0 saturated carbocycles. The Bertz CT molecular complexity index is 591. The van der Waals surface area contributed by atoms with Gasteiger partial charge in [-0.05, 0) is 12.1 Å². The van der Waals surface area contributed by atoms with Gasteiger partial charge in [0.2, 0.25) is 0 Å². The quantitative estimate of drug-likeness (QED) is 0.823. The molecule has 0 radical (unpaired) electrons. The Morgan fingerprint density at radius 1 is 1.37 bits per heavy atom. The number of morpholine rings is 1. The molecule has 1 saturated heterocycles. The van der Waals surface area contributed by atoms with Crippen LogP contribution >= 0.6 is 0 Å². The van der Waals surface area contributed by atoms with E-state index in [1.54, 1.807) is 0 Å². The Morgan fingerprint density at radius 2 is 2.26 bits per heavy atom. The Hall–Kier alpha value is -2.05. The second-order valence-electron chi connectivity index (χ2n) is 4.29. The lowest BCUT2D eigenvalue weighted by Gasteiger charge is -2.22. The van der Waals surface area contributed by atoms with Gasteiger partial charge in [-0.2, -0.15) is 0 Å². The van der Waals surface area contributed by atoms with E-state index in [1.165, 1.54) is 6.33 Å². The molecule has 1 aliphatic rings. The Labute approximate surface area is 110 Å². The second-order valence-corrected chi connectivity index (χ2v) is 4.29. The van der Waals surface area contributed by atoms with E-state index in [2.05, 4.69) is 20.6 Å². The third kappa shape index (κ3) is 2.54. The van der Waals surface area contributed by atoms with Gasteiger partial charge in [0.05, 0.1) is 12.1 Å². The smallest absolute Gasteiger partial charge is 0.256 e. The van der Waals surface area contributed by atoms with Crippen molar-refractivity contribution in [1.29, 1.82) is 0 Å². The van der Waals surface area contributed by atoms with E-state index in [-0.39, 0.29) is 5.91 Å². The largest absolute Gasteiger partial charge is 0.366 e. The Morgan fingerprint density at radius 3 is 3.11 bits per heavy atom. The lowest BCUT2D eigenvalue weighted by Crippen LogP contribution is -2.45. The van der Waals surface area contributed by atoms with Crippen LogP contribution in [0.1, 0.15) is 0 Å². The predicted molar refractivity (Wildman–Crippen MR) is 70.8 cm³/mol. The number of anilines is 1. The van der Waals surface area contributed by atoms with Crippen LogP contribution in [0.3, 0.4) is 0 Å². The number of nitrogens with one attached hydrogen (secondary N) is 2. The first kappa shape index (κ1) is 12.0. The maximum absolute atomic E-state index is 12.1. The monoisotopic (exact) mass is 258 g/mol. The van der Waals surface area contributed by atoms with Crippen molar-refractivity contribution in [3.63, 3.8) is 0 Å². The highest BCUT2D eigenvalue weighted by molar-refractivity contribution is 6.00. The third-order valence-electron chi connectivity index (χ3n) is 3.00. The van der Waals surface area contributed by atoms with Gasteiger partial charge in [0.25, 0.3) is 5.91 Å². The van der Waals surface area contributed by atoms with Crippen molar-refractivity contribution < 1.29 is 9.53 Å². The van der Waals surface area contributed by atoms with Crippen LogP contribution in [0.15, 0.2) is 30.6 Å². The van der Waals surface area contributed by atoms with Crippen molar-refractivity contribution in [3.8, 4) is 0 Å². The molecule has 0 aliphatic carbocycles. The van der Waals surface area contributed by atoms with Crippen LogP contribution in [-0.4, -0.2) is 41.7 Å². The normalized spacial score (nSPS) is 19.3. The van der Waals surface area contributed by atoms with Crippen molar-refractivity contribution in [3.05, 3.63) is 30.6 Å². The number of ether oxygens (including phenoxy) is 1. The summed E-state index contributed by atoms with van der Waals surface area (Å²) in [6.07, 6.45) is 0.972. The molecule has 6 heteroatoms. The first-order valence-corrected chi connectivity index (χ1v) is 6.17. The van der Waals surface area contributed by atoms with Gasteiger partial charge in [-0.25, -0.2) is 9.97 Å². The van der Waals surface area contributed by atoms with Crippen molar-refractivity contribution in [1.82, 2.24) is 15.3 Å². The Kier molecular flexibility index (Phi) is 3.35. The number of hydrogen-bond acceptors (Lipinski definition) is 5. The molecule has 98 valence electrons. The lowest BCUT2D eigenvalue weighted by molar-refractivity contribution is -0.128. The van der Waals surface area contributed by atoms with Crippen LogP contribution in [0.25, 0.3) is 10.9 Å². The van der Waals surface area contributed by atoms with Crippen molar-refractivity contribution in [2.75, 3.05) is 25.0 Å². The number of carbonyl (C=O) groups is 1. The highest BCUT2D eigenvalue weighted by Crippen LogP contribution is 2.18. The molecule has 2 N–H and O–H groups in total. The Balaban J connectivity index is 1.82. The summed E-state index contributed by atoms with van der Waals surface area (Å²) in [7, 11) is 0. The van der Waals surface area contributed by atoms with Crippen LogP contribution < -0.4 is 10.6 Å². The molecule has 0 spiro atoms. The van der Waals surface area contributed by atoms with Gasteiger partial charge in [0.1, 0.15) is 18.2 Å². The van der Waals surface area contributed by atoms with Crippen molar-refractivity contribution in [2.45, 2.75) is 6.10 Å². The molecular formula is C13H14N4O2. The van der Waals surface area contributed by atoms with E-state index >= 15 is 0 Å². The summed E-state index contributed by atoms with van der Waals surface area (Å²) in [4.78, 5) is 20.4. The number of nitrogens with zero attached hydrogens (tertiary/aromatic N) is 2. The number of rotatable bonds is 2. The van der Waals surface area contributed by atoms with E-state index in [9.17, 15) is 4.79 Å². The SMILES string of the molecule is O=C(Nc1ncnc2ccccc12)C1CNCCO1. The molecule has 2 aromatic rings. The average molecular weight is 258 g/mol. The minimum atomic E-state index is -0.470. The topological polar surface area (TPSA) is 76.1 Å². The molecule has 1 aromatic heterocycles. The van der Waals surface area contributed by atoms with E-state index in [0.717, 1.165) is 17.4 Å². The number of aromatic nitrogens is 2. The number of para-hydroxylation sites is 1. The standard InChI is InChI=1S/C13H14N4O2/c18-13(11-7-14-5-6-19-11)17-12-9-3-1-2-4-10(9)15-8-16-12/h1-4,8,11,14H,5-7H2,(H,15,16,17,18). The molecule has 2 heterocycles. The molecule has 6 nitrogen and oxygen atoms in total. The fourth-order valence-electron chi connectivity index (χ4n) is 2.04. The first-order valence-electron chi connectivity index (χ1n) is 6.17. The van der Waals surface area contributed by atoms with E-state index < -0.39 is 6.10 Å². The molecule has 3 rings (SSSR count). The fourth-order valence-corrected chi connectivity index (χ4v) is 2.04. The van der Waals surface area contributed by atoms with Crippen LogP contribution in [0.2, 0.25) is 0 Å². The highest BCUT2D eigenvalue weighted by Gasteiger charge is 2.22. The van der Waals surface area contributed by atoms with Crippen LogP contribution in [0.4, 0.5) is 5.82 Å². The molecule has 0 bridgehead atoms. The zero-order valence-electron chi connectivity index (χ0n) is 10.3. The minimum absolute atomic E-state index is 0.184. The second kappa shape index (κ2) is 5.29. The number of fused-ring (bicyclic) bond motifs is 1. The summed E-state index contributed by atoms with van der Waals surface area (Å²) in [6.45, 7) is 1.84. The zero-order chi connectivity index (χ0) is 13.1. The van der Waals surface area contributed by atoms with Gasteiger partial charge in [0.15, 0.2) is 0 Å². The average Bonchev–Trinajstić information content (AvgIpc) is 2.48. The summed E-state index contributed by atoms with van der Waals surface area (Å²) in [5.74, 6) is 0.334. The maximum atomic E-state index is 12.1. The summed E-state index contributed by atoms with van der Waals surface area (Å²) in [5, 5.41) is 6.74. The number of benzene rings is 1. The van der Waals surface area contributed by atoms with E-state index in [1.807, 2.05) is 24.3 Å². The number of carbonyl (C=O) groups excluding carboxylic acids is 1. The minimum Gasteiger partial charge on any atom is -0.366 e. The summed E-state index contributed by atoms with van der Waals surface area (Å²) >= 11 is 0. The lowest BCUT2D eigenvalue weighted by atomic mass is 10.2. The van der Waals surface area contributed by atoms with Crippen LogP contribution in [0.5, 0.6) is 0 Å². The molecule has 1 amide bonds. The van der Waals surface area contributed by atoms with Crippen LogP contribution in [0, 0.1) is 0 Å². The molecule has 1 fully saturated rings. The molecular weight excluding hydrogens is 244 g/mol. The van der Waals surface area contributed by atoms with Crippen molar-refractivity contribution in [2.24, 2.45) is 0 Å². The molecule has 1 aliphatic heterocycles. The maximum Gasteiger partial charge on any atom is 0.256 e. The van der Waals surface area contributed by atoms with E-state index in [4.69, 9.17) is 4.74 Å². The summed E-state index contributed by atoms with van der Waals surface area (Å²) < 4.78 is 5.41. The summed E-state index contributed by atoms with van der Waals surface area (Å²) in [5.41, 5.74) is 0.801. The summed E-state index contributed by atoms with van der Waals surface area (Å²) in [6, 6.07) is 7.55. The fraction of sp³-hybridized carbons (Fsp3) is 0.308. The van der Waals surface area contributed by atoms with Crippen LogP contribution in [-0.2, 0) is 9.53 Å². The van der Waals surface area contributed by atoms with Gasteiger partial charge < -0.3 is 15.4 Å². The number of amides is 1. The third-order valence-corrected chi connectivity index (χ3v) is 3.00. The zero-order valence-corrected chi connectivity index (χ0v) is 10.3. The molecule has 1 unspecified atom stereocenters. The van der Waals surface area contributed by atoms with Gasteiger partial charge >= 0.3 is 0 Å². The van der Waals surface area contributed by atoms with Gasteiger partial charge in [0, 0.05) is 18.5 Å². The number of hydrogen-bond donors (Lipinski definition) is 2. The van der Waals surface area contributed by atoms with Gasteiger partial charge in [-0.3, -0.25) is 4.79 Å². The van der Waals surface area contributed by atoms with Gasteiger partial charge in [-0.1, -0.05) is 12.1 Å². The van der Waals surface area contributed by atoms with Gasteiger partial charge in [-0.15, -0.1) is 0 Å². The molecule has 1 aromatic carbocycles. The molecule has 19 heavy (non-hydrogen) atoms. The molecule has 1 atom stereocenters.